The second-order valence-corrected chi connectivity index (χ2v) is 7.37. The maximum Gasteiger partial charge on any atom is 0.341 e. The molecule has 0 atom stereocenters. The summed E-state index contributed by atoms with van der Waals surface area (Å²) >= 11 is 0. The van der Waals surface area contributed by atoms with E-state index >= 15 is 0 Å². The Balaban J connectivity index is 1.80. The summed E-state index contributed by atoms with van der Waals surface area (Å²) in [5.41, 5.74) is 4.12. The van der Waals surface area contributed by atoms with Crippen LogP contribution >= 0.6 is 0 Å². The number of hydrogen-bond donors (Lipinski definition) is 1. The molecule has 1 saturated carbocycles. The minimum atomic E-state index is -1.18. The molecule has 0 spiro atoms. The average Bonchev–Trinajstić information content (AvgIpc) is 3.53. The molecule has 4 aromatic rings. The number of carboxylic acids is 1. The van der Waals surface area contributed by atoms with E-state index in [1.165, 1.54) is 6.20 Å². The van der Waals surface area contributed by atoms with Crippen LogP contribution in [0.1, 0.15) is 34.8 Å². The van der Waals surface area contributed by atoms with Gasteiger partial charge in [-0.15, -0.1) is 0 Å². The number of aromatic carboxylic acids is 1. The fourth-order valence-electron chi connectivity index (χ4n) is 3.95. The van der Waals surface area contributed by atoms with Crippen molar-refractivity contribution in [1.82, 2.24) is 9.55 Å². The van der Waals surface area contributed by atoms with E-state index in [-0.39, 0.29) is 11.6 Å². The summed E-state index contributed by atoms with van der Waals surface area (Å²) in [5, 5.41) is 10.9. The third-order valence-corrected chi connectivity index (χ3v) is 5.52. The fourth-order valence-corrected chi connectivity index (χ4v) is 3.95. The number of fused-ring (bicyclic) bond motifs is 2. The highest BCUT2D eigenvalue weighted by Gasteiger charge is 2.28. The lowest BCUT2D eigenvalue weighted by molar-refractivity contribution is 0.0695. The van der Waals surface area contributed by atoms with Gasteiger partial charge in [0, 0.05) is 34.8 Å². The van der Waals surface area contributed by atoms with Crippen molar-refractivity contribution < 1.29 is 9.90 Å². The Morgan fingerprint density at radius 2 is 1.96 bits per heavy atom. The van der Waals surface area contributed by atoms with Crippen LogP contribution < -0.4 is 5.43 Å². The Labute approximate surface area is 160 Å². The molecule has 0 bridgehead atoms. The summed E-state index contributed by atoms with van der Waals surface area (Å²) in [6, 6.07) is 14.0. The molecule has 0 radical (unpaired) electrons. The molecule has 5 nitrogen and oxygen atoms in total. The second-order valence-electron chi connectivity index (χ2n) is 7.37. The number of benzene rings is 2. The Bertz CT molecular complexity index is 1330. The van der Waals surface area contributed by atoms with Crippen molar-refractivity contribution in [1.29, 1.82) is 0 Å². The number of aryl methyl sites for hydroxylation is 1. The fraction of sp³-hybridized carbons (Fsp3) is 0.174. The zero-order valence-electron chi connectivity index (χ0n) is 15.3. The average molecular weight is 370 g/mol. The number of para-hydroxylation sites is 1. The third kappa shape index (κ3) is 2.51. The highest BCUT2D eigenvalue weighted by Crippen LogP contribution is 2.39. The van der Waals surface area contributed by atoms with E-state index in [0.717, 1.165) is 46.0 Å². The van der Waals surface area contributed by atoms with Gasteiger partial charge < -0.3 is 9.67 Å². The van der Waals surface area contributed by atoms with Gasteiger partial charge in [0.05, 0.1) is 11.0 Å². The lowest BCUT2D eigenvalue weighted by atomic mass is 9.96. The minimum absolute atomic E-state index is 0.168. The van der Waals surface area contributed by atoms with Crippen LogP contribution in [0.15, 0.2) is 59.7 Å². The molecule has 138 valence electrons. The largest absolute Gasteiger partial charge is 0.477 e. The van der Waals surface area contributed by atoms with E-state index < -0.39 is 11.4 Å². The number of rotatable bonds is 3. The predicted molar refractivity (Wildman–Crippen MR) is 109 cm³/mol. The first-order chi connectivity index (χ1) is 13.5. The lowest BCUT2D eigenvalue weighted by Crippen LogP contribution is -2.19. The standard InChI is InChI=1S/C23H18N2O3/c1-13-17(15-10-14-4-2-3-5-20(14)24-11-15)8-9-18-21(13)25(16-6-7-16)12-19(22(18)26)23(27)28/h2-5,8-12,16H,6-7H2,1H3,(H,27,28). The van der Waals surface area contributed by atoms with Crippen LogP contribution in [0.4, 0.5) is 0 Å². The summed E-state index contributed by atoms with van der Waals surface area (Å²) in [6.07, 6.45) is 5.36. The second kappa shape index (κ2) is 6.02. The summed E-state index contributed by atoms with van der Waals surface area (Å²) in [4.78, 5) is 28.8. The molecule has 5 heteroatoms. The number of nitrogens with zero attached hydrogens (tertiary/aromatic N) is 2. The Morgan fingerprint density at radius 3 is 2.71 bits per heavy atom. The molecule has 2 aromatic carbocycles. The summed E-state index contributed by atoms with van der Waals surface area (Å²) < 4.78 is 1.98. The van der Waals surface area contributed by atoms with Gasteiger partial charge in [-0.1, -0.05) is 24.3 Å². The van der Waals surface area contributed by atoms with Crippen LogP contribution in [0.25, 0.3) is 32.9 Å². The highest BCUT2D eigenvalue weighted by atomic mass is 16.4. The SMILES string of the molecule is Cc1c(-c2cnc3ccccc3c2)ccc2c(=O)c(C(=O)O)cn(C3CC3)c12. The van der Waals surface area contributed by atoms with Gasteiger partial charge in [0.15, 0.2) is 0 Å². The van der Waals surface area contributed by atoms with Crippen molar-refractivity contribution in [2.75, 3.05) is 0 Å². The normalized spacial score (nSPS) is 13.9. The first-order valence-electron chi connectivity index (χ1n) is 9.31. The monoisotopic (exact) mass is 370 g/mol. The number of aromatic nitrogens is 2. The van der Waals surface area contributed by atoms with Crippen molar-refractivity contribution in [2.24, 2.45) is 0 Å². The molecule has 0 saturated heterocycles. The van der Waals surface area contributed by atoms with Gasteiger partial charge in [-0.2, -0.15) is 0 Å². The van der Waals surface area contributed by atoms with Gasteiger partial charge >= 0.3 is 5.97 Å². The topological polar surface area (TPSA) is 72.2 Å². The molecule has 0 aliphatic heterocycles. The number of pyridine rings is 2. The molecule has 1 N–H and O–H groups in total. The smallest absolute Gasteiger partial charge is 0.341 e. The molecule has 2 heterocycles. The highest BCUT2D eigenvalue weighted by molar-refractivity contribution is 5.96. The van der Waals surface area contributed by atoms with E-state index in [1.807, 2.05) is 48.0 Å². The van der Waals surface area contributed by atoms with Crippen molar-refractivity contribution in [3.63, 3.8) is 0 Å². The van der Waals surface area contributed by atoms with Crippen molar-refractivity contribution in [3.05, 3.63) is 76.2 Å². The van der Waals surface area contributed by atoms with E-state index in [9.17, 15) is 14.7 Å². The molecule has 5 rings (SSSR count). The van der Waals surface area contributed by atoms with Gasteiger partial charge in [0.1, 0.15) is 5.56 Å². The summed E-state index contributed by atoms with van der Waals surface area (Å²) in [6.45, 7) is 1.99. The maximum absolute atomic E-state index is 12.7. The Kier molecular flexibility index (Phi) is 3.59. The van der Waals surface area contributed by atoms with E-state index in [2.05, 4.69) is 11.1 Å². The number of carbonyl (C=O) groups is 1. The van der Waals surface area contributed by atoms with E-state index in [1.54, 1.807) is 6.07 Å². The number of carboxylic acid groups (broad SMARTS) is 1. The van der Waals surface area contributed by atoms with Crippen LogP contribution in [0.2, 0.25) is 0 Å². The van der Waals surface area contributed by atoms with E-state index in [4.69, 9.17) is 0 Å². The van der Waals surface area contributed by atoms with Gasteiger partial charge in [-0.3, -0.25) is 9.78 Å². The summed E-state index contributed by atoms with van der Waals surface area (Å²) in [5.74, 6) is -1.18. The van der Waals surface area contributed by atoms with Crippen LogP contribution in [-0.2, 0) is 0 Å². The maximum atomic E-state index is 12.7. The molecule has 1 aliphatic carbocycles. The van der Waals surface area contributed by atoms with Crippen LogP contribution in [0, 0.1) is 6.92 Å². The molecular weight excluding hydrogens is 352 g/mol. The first-order valence-corrected chi connectivity index (χ1v) is 9.31. The molecule has 2 aromatic heterocycles. The Hall–Kier alpha value is -3.47. The van der Waals surface area contributed by atoms with Crippen molar-refractivity contribution in [2.45, 2.75) is 25.8 Å². The quantitative estimate of drug-likeness (QED) is 0.574. The lowest BCUT2D eigenvalue weighted by Gasteiger charge is -2.16. The Morgan fingerprint density at radius 1 is 1.18 bits per heavy atom. The first kappa shape index (κ1) is 16.7. The van der Waals surface area contributed by atoms with Gasteiger partial charge in [0.25, 0.3) is 0 Å². The van der Waals surface area contributed by atoms with Crippen LogP contribution in [0.5, 0.6) is 0 Å². The van der Waals surface area contributed by atoms with E-state index in [0.29, 0.717) is 5.39 Å². The zero-order chi connectivity index (χ0) is 19.4. The molecule has 0 unspecified atom stereocenters. The van der Waals surface area contributed by atoms with Crippen molar-refractivity contribution in [3.8, 4) is 11.1 Å². The zero-order valence-corrected chi connectivity index (χ0v) is 15.3. The van der Waals surface area contributed by atoms with Gasteiger partial charge in [0.2, 0.25) is 5.43 Å². The van der Waals surface area contributed by atoms with Crippen molar-refractivity contribution >= 4 is 27.8 Å². The molecule has 1 aliphatic rings. The predicted octanol–water partition coefficient (Wildman–Crippen LogP) is 4.56. The van der Waals surface area contributed by atoms with Crippen LogP contribution in [0.3, 0.4) is 0 Å². The van der Waals surface area contributed by atoms with Crippen LogP contribution in [-0.4, -0.2) is 20.6 Å². The third-order valence-electron chi connectivity index (χ3n) is 5.52. The van der Waals surface area contributed by atoms with Gasteiger partial charge in [-0.05, 0) is 49.1 Å². The molecule has 0 amide bonds. The molecular formula is C23H18N2O3. The number of hydrogen-bond acceptors (Lipinski definition) is 3. The van der Waals surface area contributed by atoms with Gasteiger partial charge in [-0.25, -0.2) is 4.79 Å². The summed E-state index contributed by atoms with van der Waals surface area (Å²) in [7, 11) is 0. The minimum Gasteiger partial charge on any atom is -0.477 e. The molecule has 28 heavy (non-hydrogen) atoms. The molecule has 1 fully saturated rings.